The van der Waals surface area contributed by atoms with E-state index >= 15 is 0 Å². The van der Waals surface area contributed by atoms with E-state index in [1.54, 1.807) is 0 Å². The van der Waals surface area contributed by atoms with E-state index in [0.717, 1.165) is 48.8 Å². The predicted molar refractivity (Wildman–Crippen MR) is 82.0 cm³/mol. The van der Waals surface area contributed by atoms with Gasteiger partial charge in [-0.3, -0.25) is 4.68 Å². The molecule has 0 aliphatic carbocycles. The van der Waals surface area contributed by atoms with Crippen LogP contribution in [0.5, 0.6) is 0 Å². The van der Waals surface area contributed by atoms with Gasteiger partial charge in [0.2, 0.25) is 0 Å². The van der Waals surface area contributed by atoms with Crippen LogP contribution in [0.1, 0.15) is 11.3 Å². The highest BCUT2D eigenvalue weighted by Crippen LogP contribution is 2.28. The van der Waals surface area contributed by atoms with Crippen LogP contribution in [0.2, 0.25) is 5.02 Å². The van der Waals surface area contributed by atoms with Crippen LogP contribution < -0.4 is 11.1 Å². The summed E-state index contributed by atoms with van der Waals surface area (Å²) < 4.78 is 2.08. The van der Waals surface area contributed by atoms with Gasteiger partial charge < -0.3 is 11.1 Å². The number of rotatable bonds is 3. The lowest BCUT2D eigenvalue weighted by Crippen LogP contribution is -2.18. The largest absolute Gasteiger partial charge is 0.329 e. The highest BCUT2D eigenvalue weighted by Gasteiger charge is 2.20. The van der Waals surface area contributed by atoms with Gasteiger partial charge in [0, 0.05) is 41.4 Å². The van der Waals surface area contributed by atoms with Crippen molar-refractivity contribution in [1.82, 2.24) is 15.1 Å². The molecule has 0 radical (unpaired) electrons. The number of benzene rings is 1. The smallest absolute Gasteiger partial charge is 0.0958 e. The number of nitrogens with zero attached hydrogens (tertiary/aromatic N) is 2. The third kappa shape index (κ3) is 2.59. The molecule has 2 aromatic rings. The fourth-order valence-electron chi connectivity index (χ4n) is 2.77. The molecule has 20 heavy (non-hydrogen) atoms. The Hall–Kier alpha value is -1.36. The number of nitrogens with one attached hydrogen (secondary N) is 1. The number of halogens is 1. The number of hydrogen-bond acceptors (Lipinski definition) is 3. The molecule has 0 spiro atoms. The van der Waals surface area contributed by atoms with E-state index in [1.165, 1.54) is 11.3 Å². The molecule has 0 saturated heterocycles. The lowest BCUT2D eigenvalue weighted by molar-refractivity contribution is 0.587. The summed E-state index contributed by atoms with van der Waals surface area (Å²) in [6.07, 6.45) is 2.02. The summed E-state index contributed by atoms with van der Waals surface area (Å²) in [5.41, 5.74) is 10.6. The molecule has 0 unspecified atom stereocenters. The molecule has 0 amide bonds. The van der Waals surface area contributed by atoms with Gasteiger partial charge in [-0.1, -0.05) is 23.7 Å². The molecule has 1 aromatic carbocycles. The fraction of sp³-hybridized carbons (Fsp3) is 0.400. The lowest BCUT2D eigenvalue weighted by Gasteiger charge is -2.04. The normalized spacial score (nSPS) is 14.9. The fourth-order valence-corrected chi connectivity index (χ4v) is 2.89. The molecule has 0 fully saturated rings. The van der Waals surface area contributed by atoms with Gasteiger partial charge in [0.1, 0.15) is 0 Å². The second-order valence-corrected chi connectivity index (χ2v) is 5.48. The van der Waals surface area contributed by atoms with Crippen molar-refractivity contribution in [3.63, 3.8) is 0 Å². The van der Waals surface area contributed by atoms with Crippen molar-refractivity contribution >= 4 is 11.6 Å². The monoisotopic (exact) mass is 290 g/mol. The van der Waals surface area contributed by atoms with Crippen LogP contribution in [-0.2, 0) is 19.4 Å². The second kappa shape index (κ2) is 5.95. The van der Waals surface area contributed by atoms with E-state index in [-0.39, 0.29) is 0 Å². The average molecular weight is 291 g/mol. The van der Waals surface area contributed by atoms with Gasteiger partial charge in [-0.2, -0.15) is 5.10 Å². The first-order valence-electron chi connectivity index (χ1n) is 7.05. The Morgan fingerprint density at radius 3 is 2.70 bits per heavy atom. The van der Waals surface area contributed by atoms with Crippen LogP contribution in [0.3, 0.4) is 0 Å². The summed E-state index contributed by atoms with van der Waals surface area (Å²) in [6, 6.07) is 7.91. The van der Waals surface area contributed by atoms with E-state index in [2.05, 4.69) is 10.00 Å². The standard InChI is InChI=1S/C15H19ClN4/c16-12-3-1-11(2-4-12)15-13-5-8-18-9-6-14(13)20(19-15)10-7-17/h1-4,18H,5-10,17H2. The molecular weight excluding hydrogens is 272 g/mol. The molecule has 3 N–H and O–H groups in total. The predicted octanol–water partition coefficient (Wildman–Crippen LogP) is 1.85. The minimum atomic E-state index is 0.613. The van der Waals surface area contributed by atoms with Crippen molar-refractivity contribution in [2.45, 2.75) is 19.4 Å². The summed E-state index contributed by atoms with van der Waals surface area (Å²) >= 11 is 5.97. The molecule has 0 atom stereocenters. The average Bonchev–Trinajstić information content (AvgIpc) is 2.64. The Morgan fingerprint density at radius 2 is 1.95 bits per heavy atom. The molecule has 0 saturated carbocycles. The molecule has 1 aliphatic rings. The summed E-state index contributed by atoms with van der Waals surface area (Å²) in [4.78, 5) is 0. The van der Waals surface area contributed by atoms with E-state index < -0.39 is 0 Å². The molecule has 2 heterocycles. The van der Waals surface area contributed by atoms with E-state index in [1.807, 2.05) is 24.3 Å². The van der Waals surface area contributed by atoms with E-state index in [0.29, 0.717) is 6.54 Å². The number of fused-ring (bicyclic) bond motifs is 1. The zero-order chi connectivity index (χ0) is 13.9. The molecular formula is C15H19ClN4. The molecule has 5 heteroatoms. The van der Waals surface area contributed by atoms with Crippen molar-refractivity contribution in [3.8, 4) is 11.3 Å². The number of hydrogen-bond donors (Lipinski definition) is 2. The van der Waals surface area contributed by atoms with Crippen LogP contribution in [0.4, 0.5) is 0 Å². The molecule has 4 nitrogen and oxygen atoms in total. The van der Waals surface area contributed by atoms with Crippen molar-refractivity contribution in [2.24, 2.45) is 5.73 Å². The first-order valence-corrected chi connectivity index (χ1v) is 7.42. The van der Waals surface area contributed by atoms with E-state index in [9.17, 15) is 0 Å². The number of nitrogens with two attached hydrogens (primary N) is 1. The van der Waals surface area contributed by atoms with Crippen LogP contribution in [0, 0.1) is 0 Å². The summed E-state index contributed by atoms with van der Waals surface area (Å²) in [7, 11) is 0. The second-order valence-electron chi connectivity index (χ2n) is 5.04. The maximum Gasteiger partial charge on any atom is 0.0958 e. The van der Waals surface area contributed by atoms with Crippen molar-refractivity contribution in [1.29, 1.82) is 0 Å². The van der Waals surface area contributed by atoms with Crippen molar-refractivity contribution in [2.75, 3.05) is 19.6 Å². The highest BCUT2D eigenvalue weighted by atomic mass is 35.5. The highest BCUT2D eigenvalue weighted by molar-refractivity contribution is 6.30. The number of aromatic nitrogens is 2. The molecule has 3 rings (SSSR count). The van der Waals surface area contributed by atoms with Crippen LogP contribution in [0.15, 0.2) is 24.3 Å². The third-order valence-electron chi connectivity index (χ3n) is 3.72. The maximum atomic E-state index is 5.97. The summed E-state index contributed by atoms with van der Waals surface area (Å²) in [5.74, 6) is 0. The third-order valence-corrected chi connectivity index (χ3v) is 3.97. The molecule has 1 aromatic heterocycles. The van der Waals surface area contributed by atoms with Gasteiger partial charge in [0.25, 0.3) is 0 Å². The maximum absolute atomic E-state index is 5.97. The van der Waals surface area contributed by atoms with Gasteiger partial charge in [-0.15, -0.1) is 0 Å². The van der Waals surface area contributed by atoms with Gasteiger partial charge >= 0.3 is 0 Å². The topological polar surface area (TPSA) is 55.9 Å². The Kier molecular flexibility index (Phi) is 4.05. The lowest BCUT2D eigenvalue weighted by atomic mass is 10.0. The Labute approximate surface area is 123 Å². The van der Waals surface area contributed by atoms with Gasteiger partial charge in [0.15, 0.2) is 0 Å². The first kappa shape index (κ1) is 13.6. The van der Waals surface area contributed by atoms with E-state index in [4.69, 9.17) is 22.4 Å². The molecule has 0 bridgehead atoms. The zero-order valence-electron chi connectivity index (χ0n) is 11.4. The SMILES string of the molecule is NCCn1nc(-c2ccc(Cl)cc2)c2c1CCNCC2. The Bertz CT molecular complexity index is 589. The van der Waals surface area contributed by atoms with Gasteiger partial charge in [-0.25, -0.2) is 0 Å². The summed E-state index contributed by atoms with van der Waals surface area (Å²) in [6.45, 7) is 3.39. The van der Waals surface area contributed by atoms with Crippen molar-refractivity contribution in [3.05, 3.63) is 40.5 Å². The van der Waals surface area contributed by atoms with Gasteiger partial charge in [0.05, 0.1) is 12.2 Å². The quantitative estimate of drug-likeness (QED) is 0.907. The Morgan fingerprint density at radius 1 is 1.20 bits per heavy atom. The van der Waals surface area contributed by atoms with Crippen LogP contribution in [0.25, 0.3) is 11.3 Å². The first-order chi connectivity index (χ1) is 9.79. The zero-order valence-corrected chi connectivity index (χ0v) is 12.2. The van der Waals surface area contributed by atoms with Crippen LogP contribution >= 0.6 is 11.6 Å². The molecule has 106 valence electrons. The summed E-state index contributed by atoms with van der Waals surface area (Å²) in [5, 5.41) is 8.99. The van der Waals surface area contributed by atoms with Gasteiger partial charge in [-0.05, 0) is 25.1 Å². The minimum absolute atomic E-state index is 0.613. The van der Waals surface area contributed by atoms with Crippen LogP contribution in [-0.4, -0.2) is 29.4 Å². The minimum Gasteiger partial charge on any atom is -0.329 e. The van der Waals surface area contributed by atoms with Crippen molar-refractivity contribution < 1.29 is 0 Å². The Balaban J connectivity index is 2.07. The molecule has 1 aliphatic heterocycles.